The van der Waals surface area contributed by atoms with Crippen LogP contribution in [0, 0.1) is 0 Å². The van der Waals surface area contributed by atoms with Gasteiger partial charge >= 0.3 is 0 Å². The number of carbonyl (C=O) groups excluding carboxylic acids is 4. The van der Waals surface area contributed by atoms with E-state index in [1.165, 1.54) is 16.7 Å². The molecule has 0 fully saturated rings. The van der Waals surface area contributed by atoms with Crippen molar-refractivity contribution in [2.45, 2.75) is 4.90 Å². The number of fused-ring (bicyclic) bond motifs is 1. The number of nitrogens with zero attached hydrogens (tertiary/aromatic N) is 2. The number of benzene rings is 4. The summed E-state index contributed by atoms with van der Waals surface area (Å²) in [5.74, 6) is -0.863. The summed E-state index contributed by atoms with van der Waals surface area (Å²) in [6.07, 6.45) is 1.64. The first-order valence-corrected chi connectivity index (χ1v) is 14.6. The molecule has 0 saturated heterocycles. The molecule has 0 unspecified atom stereocenters. The number of imide groups is 1. The molecule has 9 heteroatoms. The van der Waals surface area contributed by atoms with Crippen LogP contribution in [0.25, 0.3) is 6.08 Å². The highest BCUT2D eigenvalue weighted by Crippen LogP contribution is 2.25. The highest BCUT2D eigenvalue weighted by Gasteiger charge is 2.34. The number of anilines is 2. The third kappa shape index (κ3) is 7.02. The van der Waals surface area contributed by atoms with Gasteiger partial charge in [-0.25, -0.2) is 0 Å². The Morgan fingerprint density at radius 2 is 1.40 bits per heavy atom. The fourth-order valence-electron chi connectivity index (χ4n) is 4.51. The van der Waals surface area contributed by atoms with Gasteiger partial charge in [-0.15, -0.1) is 11.8 Å². The maximum Gasteiger partial charge on any atom is 0.272 e. The van der Waals surface area contributed by atoms with Gasteiger partial charge in [0, 0.05) is 48.2 Å². The van der Waals surface area contributed by atoms with Crippen LogP contribution in [0.5, 0.6) is 0 Å². The molecule has 1 aliphatic heterocycles. The van der Waals surface area contributed by atoms with E-state index >= 15 is 0 Å². The molecule has 2 N–H and O–H groups in total. The first-order chi connectivity index (χ1) is 20.8. The van der Waals surface area contributed by atoms with Gasteiger partial charge in [-0.1, -0.05) is 42.5 Å². The van der Waals surface area contributed by atoms with Crippen molar-refractivity contribution in [3.8, 4) is 0 Å². The number of amides is 4. The van der Waals surface area contributed by atoms with E-state index in [1.807, 2.05) is 61.5 Å². The van der Waals surface area contributed by atoms with Gasteiger partial charge in [0.25, 0.3) is 23.6 Å². The molecule has 0 radical (unpaired) electrons. The first kappa shape index (κ1) is 29.3. The van der Waals surface area contributed by atoms with Gasteiger partial charge in [0.05, 0.1) is 11.1 Å². The van der Waals surface area contributed by atoms with Gasteiger partial charge in [0.2, 0.25) is 0 Å². The summed E-state index contributed by atoms with van der Waals surface area (Å²) >= 11 is 1.50. The topological polar surface area (TPSA) is 98.8 Å². The predicted molar refractivity (Wildman–Crippen MR) is 170 cm³/mol. The van der Waals surface area contributed by atoms with E-state index in [2.05, 4.69) is 10.6 Å². The summed E-state index contributed by atoms with van der Waals surface area (Å²) < 4.78 is 0. The number of rotatable bonds is 10. The van der Waals surface area contributed by atoms with Gasteiger partial charge < -0.3 is 15.5 Å². The van der Waals surface area contributed by atoms with Crippen LogP contribution in [-0.4, -0.2) is 54.9 Å². The van der Waals surface area contributed by atoms with Crippen LogP contribution >= 0.6 is 11.8 Å². The lowest BCUT2D eigenvalue weighted by Gasteiger charge is -2.14. The highest BCUT2D eigenvalue weighted by atomic mass is 32.2. The van der Waals surface area contributed by atoms with E-state index in [1.54, 1.807) is 66.7 Å². The molecule has 1 aliphatic rings. The summed E-state index contributed by atoms with van der Waals surface area (Å²) in [6.45, 7) is 0.292. The Morgan fingerprint density at radius 1 is 0.791 bits per heavy atom. The molecular weight excluding hydrogens is 560 g/mol. The van der Waals surface area contributed by atoms with Gasteiger partial charge in [-0.3, -0.25) is 24.1 Å². The summed E-state index contributed by atoms with van der Waals surface area (Å²) in [4.78, 5) is 55.6. The Balaban J connectivity index is 1.23. The molecule has 0 aromatic heterocycles. The Kier molecular flexibility index (Phi) is 9.02. The van der Waals surface area contributed by atoms with Crippen molar-refractivity contribution in [2.24, 2.45) is 0 Å². The van der Waals surface area contributed by atoms with Crippen LogP contribution in [0.2, 0.25) is 0 Å². The summed E-state index contributed by atoms with van der Waals surface area (Å²) in [7, 11) is 3.89. The van der Waals surface area contributed by atoms with E-state index < -0.39 is 11.8 Å². The zero-order valence-electron chi connectivity index (χ0n) is 23.7. The third-order valence-electron chi connectivity index (χ3n) is 6.82. The second-order valence-electron chi connectivity index (χ2n) is 10.00. The van der Waals surface area contributed by atoms with Crippen molar-refractivity contribution in [1.29, 1.82) is 0 Å². The lowest BCUT2D eigenvalue weighted by atomic mass is 10.1. The quantitative estimate of drug-likeness (QED) is 0.143. The minimum atomic E-state index is -0.466. The highest BCUT2D eigenvalue weighted by molar-refractivity contribution is 7.99. The summed E-state index contributed by atoms with van der Waals surface area (Å²) in [6, 6.07) is 30.4. The minimum Gasteiger partial charge on any atom is -0.378 e. The molecular formula is C34H30N4O4S. The molecule has 0 saturated carbocycles. The lowest BCUT2D eigenvalue weighted by Crippen LogP contribution is -2.31. The minimum absolute atomic E-state index is 0.103. The zero-order valence-corrected chi connectivity index (χ0v) is 24.6. The molecule has 0 atom stereocenters. The molecule has 5 rings (SSSR count). The smallest absolute Gasteiger partial charge is 0.272 e. The molecule has 4 aromatic rings. The molecule has 1 heterocycles. The van der Waals surface area contributed by atoms with Crippen LogP contribution < -0.4 is 15.5 Å². The number of nitrogens with one attached hydrogen (secondary N) is 2. The van der Waals surface area contributed by atoms with Crippen molar-refractivity contribution < 1.29 is 19.2 Å². The lowest BCUT2D eigenvalue weighted by molar-refractivity contribution is -0.113. The van der Waals surface area contributed by atoms with Crippen molar-refractivity contribution >= 4 is 52.8 Å². The Labute approximate surface area is 254 Å². The predicted octanol–water partition coefficient (Wildman–Crippen LogP) is 5.55. The van der Waals surface area contributed by atoms with Gasteiger partial charge in [-0.2, -0.15) is 0 Å². The largest absolute Gasteiger partial charge is 0.378 e. The second kappa shape index (κ2) is 13.2. The first-order valence-electron chi connectivity index (χ1n) is 13.6. The van der Waals surface area contributed by atoms with Crippen LogP contribution in [0.15, 0.2) is 114 Å². The number of thioether (sulfide) groups is 1. The van der Waals surface area contributed by atoms with Crippen LogP contribution in [0.4, 0.5) is 11.4 Å². The molecule has 4 aromatic carbocycles. The SMILES string of the molecule is CN(C)c1ccc(/C=C(\NC(=O)c2ccccc2)C(=O)Nc2ccc(SCCN3C(=O)c4ccccc4C3=O)cc2)cc1. The summed E-state index contributed by atoms with van der Waals surface area (Å²) in [5, 5.41) is 5.62. The molecule has 0 bridgehead atoms. The van der Waals surface area contributed by atoms with Crippen LogP contribution in [-0.2, 0) is 4.79 Å². The van der Waals surface area contributed by atoms with Gasteiger partial charge in [0.1, 0.15) is 5.70 Å². The number of hydrogen-bond acceptors (Lipinski definition) is 6. The fraction of sp³-hybridized carbons (Fsp3) is 0.118. The van der Waals surface area contributed by atoms with Crippen molar-refractivity contribution in [3.05, 3.63) is 131 Å². The van der Waals surface area contributed by atoms with E-state index in [-0.39, 0.29) is 17.5 Å². The Morgan fingerprint density at radius 3 is 2.00 bits per heavy atom. The van der Waals surface area contributed by atoms with Gasteiger partial charge in [-0.05, 0) is 72.3 Å². The monoisotopic (exact) mass is 590 g/mol. The molecule has 8 nitrogen and oxygen atoms in total. The zero-order chi connectivity index (χ0) is 30.3. The maximum absolute atomic E-state index is 13.3. The Hall–Kier alpha value is -5.15. The molecule has 0 spiro atoms. The Bertz CT molecular complexity index is 1650. The van der Waals surface area contributed by atoms with Crippen LogP contribution in [0.1, 0.15) is 36.6 Å². The average molecular weight is 591 g/mol. The molecule has 43 heavy (non-hydrogen) atoms. The van der Waals surface area contributed by atoms with Crippen molar-refractivity contribution in [1.82, 2.24) is 10.2 Å². The van der Waals surface area contributed by atoms with Crippen LogP contribution in [0.3, 0.4) is 0 Å². The van der Waals surface area contributed by atoms with Gasteiger partial charge in [0.15, 0.2) is 0 Å². The third-order valence-corrected chi connectivity index (χ3v) is 7.82. The average Bonchev–Trinajstić information content (AvgIpc) is 3.27. The number of hydrogen-bond donors (Lipinski definition) is 2. The van der Waals surface area contributed by atoms with Crippen molar-refractivity contribution in [2.75, 3.05) is 36.6 Å². The standard InChI is InChI=1S/C34H30N4O4S/c1-37(2)26-16-12-23(13-17-26)22-30(36-31(39)24-8-4-3-5-9-24)32(40)35-25-14-18-27(19-15-25)43-21-20-38-33(41)28-10-6-7-11-29(28)34(38)42/h3-19,22H,20-21H2,1-2H3,(H,35,40)(H,36,39)/b30-22-. The summed E-state index contributed by atoms with van der Waals surface area (Å²) in [5.41, 5.74) is 3.75. The van der Waals surface area contributed by atoms with E-state index in [9.17, 15) is 19.2 Å². The number of carbonyl (C=O) groups is 4. The molecule has 0 aliphatic carbocycles. The fourth-order valence-corrected chi connectivity index (χ4v) is 5.35. The van der Waals surface area contributed by atoms with E-state index in [0.717, 1.165) is 16.1 Å². The molecule has 216 valence electrons. The normalized spacial score (nSPS) is 12.6. The van der Waals surface area contributed by atoms with Crippen molar-refractivity contribution in [3.63, 3.8) is 0 Å². The maximum atomic E-state index is 13.3. The second-order valence-corrected chi connectivity index (χ2v) is 11.2. The van der Waals surface area contributed by atoms with E-state index in [0.29, 0.717) is 34.7 Å². The molecule has 4 amide bonds. The van der Waals surface area contributed by atoms with E-state index in [4.69, 9.17) is 0 Å².